The van der Waals surface area contributed by atoms with Gasteiger partial charge in [-0.15, -0.1) is 11.3 Å². The highest BCUT2D eigenvalue weighted by molar-refractivity contribution is 7.25. The van der Waals surface area contributed by atoms with E-state index in [0.717, 1.165) is 44.6 Å². The number of nitrogens with zero attached hydrogens (tertiary/aromatic N) is 1. The number of hydrogen-bond acceptors (Lipinski definition) is 3. The molecule has 12 rings (SSSR count). The first-order chi connectivity index (χ1) is 30.3. The maximum Gasteiger partial charge on any atom is 0.136 e. The van der Waals surface area contributed by atoms with Crippen molar-refractivity contribution in [2.45, 2.75) is 38.0 Å². The summed E-state index contributed by atoms with van der Waals surface area (Å²) in [4.78, 5) is 2.48. The molecule has 2 aromatic heterocycles. The Morgan fingerprint density at radius 1 is 0.426 bits per heavy atom. The van der Waals surface area contributed by atoms with Gasteiger partial charge in [-0.05, 0) is 118 Å². The Bertz CT molecular complexity index is 3410. The molecule has 0 unspecified atom stereocenters. The number of hydrogen-bond donors (Lipinski definition) is 0. The molecular formula is C58H43NOS. The minimum Gasteiger partial charge on any atom is -0.456 e. The average molecular weight is 802 g/mol. The minimum atomic E-state index is 0.582. The summed E-state index contributed by atoms with van der Waals surface area (Å²) in [5, 5.41) is 7.63. The number of benzene rings is 9. The Kier molecular flexibility index (Phi) is 8.82. The van der Waals surface area contributed by atoms with Crippen LogP contribution in [0.15, 0.2) is 199 Å². The Balaban J connectivity index is 1.06. The lowest BCUT2D eigenvalue weighted by Gasteiger charge is -2.29. The zero-order chi connectivity index (χ0) is 40.3. The van der Waals surface area contributed by atoms with Crippen molar-refractivity contribution in [3.63, 3.8) is 0 Å². The monoisotopic (exact) mass is 801 g/mol. The van der Waals surface area contributed by atoms with Crippen molar-refractivity contribution in [2.75, 3.05) is 4.90 Å². The molecule has 0 N–H and O–H groups in total. The van der Waals surface area contributed by atoms with E-state index >= 15 is 0 Å². The molecule has 0 bridgehead atoms. The molecule has 11 aromatic rings. The number of thiophene rings is 1. The summed E-state index contributed by atoms with van der Waals surface area (Å²) in [5.74, 6) is 0.582. The lowest BCUT2D eigenvalue weighted by atomic mass is 9.80. The van der Waals surface area contributed by atoms with Crippen LogP contribution >= 0.6 is 11.3 Å². The van der Waals surface area contributed by atoms with Gasteiger partial charge in [-0.1, -0.05) is 159 Å². The van der Waals surface area contributed by atoms with Gasteiger partial charge in [-0.25, -0.2) is 0 Å². The van der Waals surface area contributed by atoms with E-state index < -0.39 is 0 Å². The Morgan fingerprint density at radius 2 is 1.08 bits per heavy atom. The summed E-state index contributed by atoms with van der Waals surface area (Å²) in [5.41, 5.74) is 14.0. The van der Waals surface area contributed by atoms with E-state index in [0.29, 0.717) is 5.92 Å². The van der Waals surface area contributed by atoms with E-state index in [2.05, 4.69) is 193 Å². The molecule has 1 saturated carbocycles. The Morgan fingerprint density at radius 3 is 1.97 bits per heavy atom. The van der Waals surface area contributed by atoms with E-state index in [-0.39, 0.29) is 0 Å². The van der Waals surface area contributed by atoms with Gasteiger partial charge in [0.1, 0.15) is 11.2 Å². The average Bonchev–Trinajstić information content (AvgIpc) is 3.91. The van der Waals surface area contributed by atoms with Crippen molar-refractivity contribution in [1.82, 2.24) is 0 Å². The Hall–Kier alpha value is -6.94. The maximum absolute atomic E-state index is 6.31. The van der Waals surface area contributed by atoms with Crippen molar-refractivity contribution in [1.29, 1.82) is 0 Å². The number of furan rings is 1. The summed E-state index contributed by atoms with van der Waals surface area (Å²) in [7, 11) is 0. The third kappa shape index (κ3) is 6.14. The molecule has 3 heteroatoms. The van der Waals surface area contributed by atoms with Crippen LogP contribution < -0.4 is 4.90 Å². The molecule has 2 nitrogen and oxygen atoms in total. The Labute approximate surface area is 360 Å². The first-order valence-corrected chi connectivity index (χ1v) is 22.5. The molecule has 9 aromatic carbocycles. The lowest BCUT2D eigenvalue weighted by Crippen LogP contribution is -2.11. The van der Waals surface area contributed by atoms with E-state index in [4.69, 9.17) is 4.42 Å². The predicted octanol–water partition coefficient (Wildman–Crippen LogP) is 17.6. The molecule has 1 fully saturated rings. The summed E-state index contributed by atoms with van der Waals surface area (Å²) < 4.78 is 8.94. The fraction of sp³-hybridized carbons (Fsp3) is 0.103. The van der Waals surface area contributed by atoms with Crippen LogP contribution in [-0.4, -0.2) is 0 Å². The largest absolute Gasteiger partial charge is 0.456 e. The van der Waals surface area contributed by atoms with E-state index in [1.165, 1.54) is 96.4 Å². The topological polar surface area (TPSA) is 16.4 Å². The van der Waals surface area contributed by atoms with Gasteiger partial charge in [0, 0.05) is 47.9 Å². The molecule has 0 spiro atoms. The predicted molar refractivity (Wildman–Crippen MR) is 261 cm³/mol. The zero-order valence-electron chi connectivity index (χ0n) is 33.9. The van der Waals surface area contributed by atoms with Gasteiger partial charge in [0.25, 0.3) is 0 Å². The molecule has 0 saturated heterocycles. The van der Waals surface area contributed by atoms with Crippen LogP contribution in [0.2, 0.25) is 0 Å². The van der Waals surface area contributed by atoms with Gasteiger partial charge in [-0.2, -0.15) is 0 Å². The number of para-hydroxylation sites is 2. The fourth-order valence-corrected chi connectivity index (χ4v) is 11.4. The van der Waals surface area contributed by atoms with Crippen molar-refractivity contribution in [3.05, 3.63) is 200 Å². The molecule has 1 aliphatic carbocycles. The molecule has 0 radical (unpaired) electrons. The van der Waals surface area contributed by atoms with E-state index in [1.54, 1.807) is 0 Å². The lowest BCUT2D eigenvalue weighted by molar-refractivity contribution is 0.445. The highest BCUT2D eigenvalue weighted by Crippen LogP contribution is 2.48. The summed E-state index contributed by atoms with van der Waals surface area (Å²) >= 11 is 1.87. The molecule has 0 amide bonds. The maximum atomic E-state index is 6.31. The van der Waals surface area contributed by atoms with Crippen LogP contribution in [0, 0.1) is 0 Å². The van der Waals surface area contributed by atoms with Crippen molar-refractivity contribution in [2.24, 2.45) is 0 Å². The minimum absolute atomic E-state index is 0.582. The van der Waals surface area contributed by atoms with Gasteiger partial charge in [0.05, 0.1) is 5.69 Å². The van der Waals surface area contributed by atoms with Crippen molar-refractivity contribution < 1.29 is 4.42 Å². The second kappa shape index (κ2) is 15.0. The van der Waals surface area contributed by atoms with Gasteiger partial charge >= 0.3 is 0 Å². The van der Waals surface area contributed by atoms with Gasteiger partial charge in [0.15, 0.2) is 0 Å². The van der Waals surface area contributed by atoms with Crippen LogP contribution in [0.5, 0.6) is 0 Å². The highest BCUT2D eigenvalue weighted by Gasteiger charge is 2.24. The number of anilines is 3. The summed E-state index contributed by atoms with van der Waals surface area (Å²) in [6, 6.07) is 71.5. The van der Waals surface area contributed by atoms with Gasteiger partial charge in [-0.3, -0.25) is 0 Å². The van der Waals surface area contributed by atoms with Crippen LogP contribution in [0.4, 0.5) is 17.1 Å². The highest BCUT2D eigenvalue weighted by atomic mass is 32.1. The van der Waals surface area contributed by atoms with Crippen LogP contribution in [0.25, 0.3) is 86.3 Å². The van der Waals surface area contributed by atoms with E-state index in [1.807, 2.05) is 17.4 Å². The molecular weight excluding hydrogens is 759 g/mol. The standard InChI is InChI=1S/C58H43NOS/c1-2-15-38(16-3-1)44-24-11-17-40-18-12-27-48(56(40)44)47-21-4-7-28-51(47)59(42-35-33-39(34-36-42)45-25-13-30-53-57(45)49-22-5-8-29-52(49)60-53)43-20-10-19-41(37-43)46-26-14-32-55-58(46)50-23-6-9-31-54(50)61-55/h4-14,17-38H,1-3,15-16H2. The fourth-order valence-electron chi connectivity index (χ4n) is 10.3. The van der Waals surface area contributed by atoms with Gasteiger partial charge in [0.2, 0.25) is 0 Å². The number of fused-ring (bicyclic) bond motifs is 7. The molecule has 0 atom stereocenters. The third-order valence-corrected chi connectivity index (χ3v) is 14.2. The SMILES string of the molecule is c1cc(-c2cccc3sc4ccccc4c23)cc(N(c2ccc(-c3cccc4oc5ccccc5c34)cc2)c2ccccc2-c2cccc3cccc(C4CCCCC4)c23)c1. The van der Waals surface area contributed by atoms with Crippen molar-refractivity contribution >= 4 is 81.3 Å². The molecule has 1 aliphatic rings. The van der Waals surface area contributed by atoms with Crippen molar-refractivity contribution in [3.8, 4) is 33.4 Å². The second-order valence-electron chi connectivity index (χ2n) is 16.6. The summed E-state index contributed by atoms with van der Waals surface area (Å²) in [6.07, 6.45) is 6.47. The summed E-state index contributed by atoms with van der Waals surface area (Å²) in [6.45, 7) is 0. The first-order valence-electron chi connectivity index (χ1n) is 21.7. The molecule has 2 heterocycles. The van der Waals surface area contributed by atoms with E-state index in [9.17, 15) is 0 Å². The first kappa shape index (κ1) is 36.0. The van der Waals surface area contributed by atoms with Crippen LogP contribution in [0.3, 0.4) is 0 Å². The molecule has 0 aliphatic heterocycles. The third-order valence-electron chi connectivity index (χ3n) is 13.1. The molecule has 292 valence electrons. The normalized spacial score (nSPS) is 13.5. The zero-order valence-corrected chi connectivity index (χ0v) is 34.7. The smallest absolute Gasteiger partial charge is 0.136 e. The quantitative estimate of drug-likeness (QED) is 0.160. The van der Waals surface area contributed by atoms with Crippen LogP contribution in [-0.2, 0) is 0 Å². The van der Waals surface area contributed by atoms with Gasteiger partial charge < -0.3 is 9.32 Å². The number of rotatable bonds is 7. The van der Waals surface area contributed by atoms with Crippen LogP contribution in [0.1, 0.15) is 43.6 Å². The second-order valence-corrected chi connectivity index (χ2v) is 17.7. The molecule has 61 heavy (non-hydrogen) atoms.